The van der Waals surface area contributed by atoms with Gasteiger partial charge in [0.05, 0.1) is 17.2 Å². The monoisotopic (exact) mass is 212 g/mol. The number of carbonyl (C=O) groups excluding carboxylic acids is 1. The number of hydrogen-bond acceptors (Lipinski definition) is 4. The van der Waals surface area contributed by atoms with Gasteiger partial charge in [0.25, 0.3) is 0 Å². The number of thiazole rings is 1. The van der Waals surface area contributed by atoms with Crippen molar-refractivity contribution in [1.29, 1.82) is 0 Å². The molecule has 14 heavy (non-hydrogen) atoms. The Morgan fingerprint density at radius 2 is 2.43 bits per heavy atom. The largest absolute Gasteiger partial charge is 0.298 e. The van der Waals surface area contributed by atoms with Crippen molar-refractivity contribution in [2.24, 2.45) is 0 Å². The van der Waals surface area contributed by atoms with E-state index in [1.807, 2.05) is 36.7 Å². The molecule has 3 nitrogen and oxygen atoms in total. The first kappa shape index (κ1) is 11.3. The normalized spacial score (nSPS) is 13.1. The van der Waals surface area contributed by atoms with Crippen LogP contribution in [0.15, 0.2) is 10.9 Å². The molecule has 0 fully saturated rings. The molecule has 0 aromatic carbocycles. The Morgan fingerprint density at radius 1 is 1.71 bits per heavy atom. The first-order chi connectivity index (χ1) is 6.65. The maximum absolute atomic E-state index is 11.4. The summed E-state index contributed by atoms with van der Waals surface area (Å²) in [5, 5.41) is 2.01. The van der Waals surface area contributed by atoms with Crippen molar-refractivity contribution in [3.8, 4) is 0 Å². The maximum atomic E-state index is 11.4. The summed E-state index contributed by atoms with van der Waals surface area (Å²) in [5.41, 5.74) is 2.85. The lowest BCUT2D eigenvalue weighted by molar-refractivity contribution is -0.123. The van der Waals surface area contributed by atoms with Crippen LogP contribution in [0.5, 0.6) is 0 Å². The van der Waals surface area contributed by atoms with Gasteiger partial charge in [0.15, 0.2) is 0 Å². The molecular formula is C10H16N2OS. The summed E-state index contributed by atoms with van der Waals surface area (Å²) in [6, 6.07) is -0.0123. The molecule has 1 atom stereocenters. The molecule has 78 valence electrons. The lowest BCUT2D eigenvalue weighted by Crippen LogP contribution is -2.35. The van der Waals surface area contributed by atoms with E-state index in [-0.39, 0.29) is 11.8 Å². The second-order valence-corrected chi connectivity index (χ2v) is 4.11. The van der Waals surface area contributed by atoms with Crippen LogP contribution in [0.25, 0.3) is 0 Å². The lowest BCUT2D eigenvalue weighted by Gasteiger charge is -2.21. The van der Waals surface area contributed by atoms with Gasteiger partial charge in [0, 0.05) is 18.3 Å². The second kappa shape index (κ2) is 5.22. The van der Waals surface area contributed by atoms with E-state index in [0.717, 1.165) is 12.2 Å². The quantitative estimate of drug-likeness (QED) is 0.748. The third-order valence-corrected chi connectivity index (χ3v) is 3.01. The predicted octanol–water partition coefficient (Wildman–Crippen LogP) is 1.94. The highest BCUT2D eigenvalue weighted by Crippen LogP contribution is 2.08. The number of likely N-dealkylation sites (N-methyl/N-ethyl adjacent to an activating group) is 1. The van der Waals surface area contributed by atoms with Crippen LogP contribution in [-0.4, -0.2) is 28.8 Å². The van der Waals surface area contributed by atoms with Crippen LogP contribution in [0.4, 0.5) is 0 Å². The number of nitrogens with zero attached hydrogens (tertiary/aromatic N) is 2. The molecule has 0 aliphatic carbocycles. The molecule has 1 rings (SSSR count). The van der Waals surface area contributed by atoms with Crippen molar-refractivity contribution in [2.45, 2.75) is 32.9 Å². The molecule has 0 spiro atoms. The lowest BCUT2D eigenvalue weighted by atomic mass is 10.1. The molecule has 0 amide bonds. The standard InChI is InChI=1S/C10H16N2OS/c1-4-10(13)8(2)12(3)5-9-6-14-7-11-9/h6-8H,4-5H2,1-3H3. The van der Waals surface area contributed by atoms with Crippen molar-refractivity contribution in [3.63, 3.8) is 0 Å². The van der Waals surface area contributed by atoms with E-state index in [1.165, 1.54) is 0 Å². The van der Waals surface area contributed by atoms with Crippen molar-refractivity contribution in [3.05, 3.63) is 16.6 Å². The van der Waals surface area contributed by atoms with E-state index >= 15 is 0 Å². The van der Waals surface area contributed by atoms with E-state index in [2.05, 4.69) is 4.98 Å². The minimum atomic E-state index is -0.0123. The van der Waals surface area contributed by atoms with Gasteiger partial charge in [-0.1, -0.05) is 6.92 Å². The summed E-state index contributed by atoms with van der Waals surface area (Å²) >= 11 is 1.58. The maximum Gasteiger partial charge on any atom is 0.149 e. The molecule has 1 aromatic rings. The molecule has 1 aromatic heterocycles. The van der Waals surface area contributed by atoms with E-state index in [4.69, 9.17) is 0 Å². The Morgan fingerprint density at radius 3 is 2.93 bits per heavy atom. The van der Waals surface area contributed by atoms with Crippen LogP contribution < -0.4 is 0 Å². The van der Waals surface area contributed by atoms with E-state index in [1.54, 1.807) is 11.3 Å². The van der Waals surface area contributed by atoms with Crippen LogP contribution in [0.3, 0.4) is 0 Å². The zero-order valence-corrected chi connectivity index (χ0v) is 9.67. The summed E-state index contributed by atoms with van der Waals surface area (Å²) in [6.07, 6.45) is 0.600. The Hall–Kier alpha value is -0.740. The van der Waals surface area contributed by atoms with E-state index < -0.39 is 0 Å². The highest BCUT2D eigenvalue weighted by Gasteiger charge is 2.16. The van der Waals surface area contributed by atoms with Gasteiger partial charge in [-0.2, -0.15) is 0 Å². The molecule has 1 unspecified atom stereocenters. The van der Waals surface area contributed by atoms with Crippen LogP contribution >= 0.6 is 11.3 Å². The van der Waals surface area contributed by atoms with Gasteiger partial charge in [-0.25, -0.2) is 4.98 Å². The fourth-order valence-electron chi connectivity index (χ4n) is 1.25. The molecule has 0 N–H and O–H groups in total. The number of Topliss-reactive ketones (excluding diaryl/α,β-unsaturated/α-hetero) is 1. The minimum Gasteiger partial charge on any atom is -0.298 e. The Bertz CT molecular complexity index is 284. The minimum absolute atomic E-state index is 0.0123. The summed E-state index contributed by atoms with van der Waals surface area (Å²) in [5.74, 6) is 0.280. The van der Waals surface area contributed by atoms with Crippen LogP contribution in [0.2, 0.25) is 0 Å². The third kappa shape index (κ3) is 2.89. The van der Waals surface area contributed by atoms with Gasteiger partial charge in [-0.05, 0) is 14.0 Å². The first-order valence-electron chi connectivity index (χ1n) is 4.75. The Balaban J connectivity index is 2.49. The van der Waals surface area contributed by atoms with Crippen molar-refractivity contribution >= 4 is 17.1 Å². The zero-order valence-electron chi connectivity index (χ0n) is 8.86. The van der Waals surface area contributed by atoms with Gasteiger partial charge in [0.2, 0.25) is 0 Å². The van der Waals surface area contributed by atoms with Crippen molar-refractivity contribution in [1.82, 2.24) is 9.88 Å². The number of aromatic nitrogens is 1. The van der Waals surface area contributed by atoms with Crippen LogP contribution in [-0.2, 0) is 11.3 Å². The molecule has 0 saturated carbocycles. The highest BCUT2D eigenvalue weighted by atomic mass is 32.1. The molecule has 4 heteroatoms. The first-order valence-corrected chi connectivity index (χ1v) is 5.69. The molecular weight excluding hydrogens is 196 g/mol. The van der Waals surface area contributed by atoms with Crippen molar-refractivity contribution < 1.29 is 4.79 Å². The zero-order chi connectivity index (χ0) is 10.6. The van der Waals surface area contributed by atoms with E-state index in [0.29, 0.717) is 6.42 Å². The topological polar surface area (TPSA) is 33.2 Å². The SMILES string of the molecule is CCC(=O)C(C)N(C)Cc1cscn1. The number of rotatable bonds is 5. The smallest absolute Gasteiger partial charge is 0.149 e. The number of ketones is 1. The molecule has 0 aliphatic heterocycles. The van der Waals surface area contributed by atoms with Gasteiger partial charge in [-0.3, -0.25) is 9.69 Å². The van der Waals surface area contributed by atoms with Gasteiger partial charge in [0.1, 0.15) is 5.78 Å². The molecule has 0 saturated heterocycles. The van der Waals surface area contributed by atoms with Gasteiger partial charge in [-0.15, -0.1) is 11.3 Å². The summed E-state index contributed by atoms with van der Waals surface area (Å²) < 4.78 is 0. The predicted molar refractivity (Wildman–Crippen MR) is 58.3 cm³/mol. The van der Waals surface area contributed by atoms with Crippen molar-refractivity contribution in [2.75, 3.05) is 7.05 Å². The average Bonchev–Trinajstić information content (AvgIpc) is 2.68. The second-order valence-electron chi connectivity index (χ2n) is 3.39. The fourth-order valence-corrected chi connectivity index (χ4v) is 1.80. The van der Waals surface area contributed by atoms with Gasteiger partial charge >= 0.3 is 0 Å². The van der Waals surface area contributed by atoms with Crippen LogP contribution in [0, 0.1) is 0 Å². The highest BCUT2D eigenvalue weighted by molar-refractivity contribution is 7.07. The van der Waals surface area contributed by atoms with Crippen LogP contribution in [0.1, 0.15) is 26.0 Å². The molecule has 1 heterocycles. The number of hydrogen-bond donors (Lipinski definition) is 0. The molecule has 0 bridgehead atoms. The van der Waals surface area contributed by atoms with E-state index in [9.17, 15) is 4.79 Å². The Kier molecular flexibility index (Phi) is 4.22. The molecule has 0 aliphatic rings. The third-order valence-electron chi connectivity index (χ3n) is 2.37. The summed E-state index contributed by atoms with van der Waals surface area (Å²) in [4.78, 5) is 17.6. The summed E-state index contributed by atoms with van der Waals surface area (Å²) in [7, 11) is 1.96. The Labute approximate surface area is 88.8 Å². The molecule has 0 radical (unpaired) electrons. The van der Waals surface area contributed by atoms with Gasteiger partial charge < -0.3 is 0 Å². The fraction of sp³-hybridized carbons (Fsp3) is 0.600. The average molecular weight is 212 g/mol. The summed E-state index contributed by atoms with van der Waals surface area (Å²) in [6.45, 7) is 4.59. The number of carbonyl (C=O) groups is 1.